The smallest absolute Gasteiger partial charge is 0.322 e. The van der Waals surface area contributed by atoms with Crippen LogP contribution in [0.2, 0.25) is 0 Å². The molecule has 2 aromatic carbocycles. The maximum Gasteiger partial charge on any atom is 0.322 e. The van der Waals surface area contributed by atoms with E-state index in [1.54, 1.807) is 24.5 Å². The fraction of sp³-hybridized carbons (Fsp3) is 0.240. The number of sulfone groups is 1. The average molecular weight is 482 g/mol. The number of rotatable bonds is 10. The van der Waals surface area contributed by atoms with Gasteiger partial charge in [0, 0.05) is 30.8 Å². The standard InChI is InChI=1S/C25H27N3O5S/c1-33-25(30)22(26)14-23(34(2,31)32)24(29)20-11-10-17(15-28-19-9-6-12-27-16-19)13-21(20)18-7-4-3-5-8-18/h3-13,16,22-23,28H,14-15,26H2,1-2H3. The Bertz CT molecular complexity index is 1250. The van der Waals surface area contributed by atoms with Gasteiger partial charge in [0.25, 0.3) is 0 Å². The highest BCUT2D eigenvalue weighted by Crippen LogP contribution is 2.28. The van der Waals surface area contributed by atoms with E-state index in [0.29, 0.717) is 12.1 Å². The number of pyridine rings is 1. The number of esters is 1. The number of hydrogen-bond donors (Lipinski definition) is 2. The van der Waals surface area contributed by atoms with Crippen molar-refractivity contribution in [2.45, 2.75) is 24.3 Å². The molecule has 1 heterocycles. The molecule has 3 aromatic rings. The normalized spacial score (nSPS) is 13.0. The third-order valence-corrected chi connectivity index (χ3v) is 6.81. The predicted molar refractivity (Wildman–Crippen MR) is 131 cm³/mol. The van der Waals surface area contributed by atoms with Gasteiger partial charge < -0.3 is 15.8 Å². The van der Waals surface area contributed by atoms with E-state index in [0.717, 1.165) is 30.2 Å². The summed E-state index contributed by atoms with van der Waals surface area (Å²) >= 11 is 0. The summed E-state index contributed by atoms with van der Waals surface area (Å²) in [5, 5.41) is 1.79. The van der Waals surface area contributed by atoms with Crippen LogP contribution in [0.3, 0.4) is 0 Å². The van der Waals surface area contributed by atoms with Crippen molar-refractivity contribution in [3.05, 3.63) is 84.2 Å². The van der Waals surface area contributed by atoms with E-state index in [1.807, 2.05) is 48.5 Å². The summed E-state index contributed by atoms with van der Waals surface area (Å²) in [5.41, 5.74) is 9.14. The number of hydrogen-bond acceptors (Lipinski definition) is 8. The van der Waals surface area contributed by atoms with E-state index < -0.39 is 32.9 Å². The minimum absolute atomic E-state index is 0.240. The molecule has 3 rings (SSSR count). The molecule has 34 heavy (non-hydrogen) atoms. The first-order valence-electron chi connectivity index (χ1n) is 10.6. The molecule has 8 nitrogen and oxygen atoms in total. The Morgan fingerprint density at radius 1 is 1.09 bits per heavy atom. The lowest BCUT2D eigenvalue weighted by molar-refractivity contribution is -0.142. The third kappa shape index (κ3) is 6.27. The zero-order valence-electron chi connectivity index (χ0n) is 19.0. The highest BCUT2D eigenvalue weighted by molar-refractivity contribution is 7.92. The van der Waals surface area contributed by atoms with Gasteiger partial charge in [-0.05, 0) is 41.3 Å². The summed E-state index contributed by atoms with van der Waals surface area (Å²) in [4.78, 5) is 29.4. The van der Waals surface area contributed by atoms with E-state index in [2.05, 4.69) is 15.0 Å². The number of nitrogens with one attached hydrogen (secondary N) is 1. The third-order valence-electron chi connectivity index (χ3n) is 5.37. The van der Waals surface area contributed by atoms with Gasteiger partial charge in [-0.15, -0.1) is 0 Å². The highest BCUT2D eigenvalue weighted by atomic mass is 32.2. The van der Waals surface area contributed by atoms with Crippen LogP contribution in [0.25, 0.3) is 11.1 Å². The Hall–Kier alpha value is -3.56. The number of benzene rings is 2. The molecule has 178 valence electrons. The Labute approximate surface area is 199 Å². The Morgan fingerprint density at radius 3 is 2.44 bits per heavy atom. The number of carbonyl (C=O) groups excluding carboxylic acids is 2. The van der Waals surface area contributed by atoms with Gasteiger partial charge >= 0.3 is 5.97 Å². The van der Waals surface area contributed by atoms with Gasteiger partial charge in [-0.3, -0.25) is 14.6 Å². The van der Waals surface area contributed by atoms with Gasteiger partial charge in [-0.25, -0.2) is 8.42 Å². The maximum absolute atomic E-state index is 13.5. The van der Waals surface area contributed by atoms with Gasteiger partial charge in [-0.2, -0.15) is 0 Å². The number of anilines is 1. The van der Waals surface area contributed by atoms with E-state index >= 15 is 0 Å². The molecule has 0 amide bonds. The molecule has 1 aromatic heterocycles. The number of ketones is 1. The Morgan fingerprint density at radius 2 is 1.82 bits per heavy atom. The summed E-state index contributed by atoms with van der Waals surface area (Å²) < 4.78 is 29.6. The lowest BCUT2D eigenvalue weighted by Gasteiger charge is -2.20. The van der Waals surface area contributed by atoms with Crippen molar-refractivity contribution in [3.8, 4) is 11.1 Å². The molecule has 0 spiro atoms. The number of Topliss-reactive ketones (excluding diaryl/α,β-unsaturated/α-hetero) is 1. The zero-order chi connectivity index (χ0) is 24.7. The van der Waals surface area contributed by atoms with Gasteiger partial charge in [0.1, 0.15) is 11.3 Å². The maximum atomic E-state index is 13.5. The second kappa shape index (κ2) is 11.0. The van der Waals surface area contributed by atoms with E-state index in [-0.39, 0.29) is 12.0 Å². The molecule has 0 saturated carbocycles. The SMILES string of the molecule is COC(=O)C(N)CC(C(=O)c1ccc(CNc2cccnc2)cc1-c1ccccc1)S(C)(=O)=O. The molecule has 0 saturated heterocycles. The van der Waals surface area contributed by atoms with Gasteiger partial charge in [-0.1, -0.05) is 42.5 Å². The molecule has 0 aliphatic heterocycles. The van der Waals surface area contributed by atoms with Crippen molar-refractivity contribution in [1.29, 1.82) is 0 Å². The fourth-order valence-electron chi connectivity index (χ4n) is 3.57. The second-order valence-electron chi connectivity index (χ2n) is 7.89. The summed E-state index contributed by atoms with van der Waals surface area (Å²) in [5.74, 6) is -1.39. The Kier molecular flexibility index (Phi) is 8.14. The summed E-state index contributed by atoms with van der Waals surface area (Å²) in [6.07, 6.45) is 3.98. The summed E-state index contributed by atoms with van der Waals surface area (Å²) in [6.45, 7) is 0.475. The minimum atomic E-state index is -3.86. The van der Waals surface area contributed by atoms with Crippen molar-refractivity contribution < 1.29 is 22.7 Å². The molecular weight excluding hydrogens is 454 g/mol. The summed E-state index contributed by atoms with van der Waals surface area (Å²) in [7, 11) is -2.70. The van der Waals surface area contributed by atoms with Crippen molar-refractivity contribution in [3.63, 3.8) is 0 Å². The summed E-state index contributed by atoms with van der Waals surface area (Å²) in [6, 6.07) is 16.9. The van der Waals surface area contributed by atoms with Crippen LogP contribution < -0.4 is 11.1 Å². The quantitative estimate of drug-likeness (QED) is 0.334. The van der Waals surface area contributed by atoms with E-state index in [9.17, 15) is 18.0 Å². The minimum Gasteiger partial charge on any atom is -0.468 e. The first-order valence-corrected chi connectivity index (χ1v) is 12.5. The second-order valence-corrected chi connectivity index (χ2v) is 10.1. The monoisotopic (exact) mass is 481 g/mol. The van der Waals surface area contributed by atoms with Crippen LogP contribution in [0.1, 0.15) is 22.3 Å². The van der Waals surface area contributed by atoms with Crippen LogP contribution in [-0.4, -0.2) is 49.8 Å². The van der Waals surface area contributed by atoms with Crippen molar-refractivity contribution >= 4 is 27.3 Å². The van der Waals surface area contributed by atoms with Gasteiger partial charge in [0.05, 0.1) is 12.8 Å². The van der Waals surface area contributed by atoms with Crippen molar-refractivity contribution in [2.24, 2.45) is 5.73 Å². The van der Waals surface area contributed by atoms with Crippen LogP contribution >= 0.6 is 0 Å². The molecule has 0 aliphatic carbocycles. The van der Waals surface area contributed by atoms with Crippen molar-refractivity contribution in [1.82, 2.24) is 4.98 Å². The molecule has 0 bridgehead atoms. The van der Waals surface area contributed by atoms with Gasteiger partial charge in [0.15, 0.2) is 15.6 Å². The molecule has 2 unspecified atom stereocenters. The number of nitrogens with two attached hydrogens (primary N) is 1. The molecule has 9 heteroatoms. The highest BCUT2D eigenvalue weighted by Gasteiger charge is 2.35. The van der Waals surface area contributed by atoms with Crippen LogP contribution in [0.15, 0.2) is 73.1 Å². The van der Waals surface area contributed by atoms with Crippen LogP contribution in [-0.2, 0) is 25.9 Å². The van der Waals surface area contributed by atoms with Crippen LogP contribution in [0.5, 0.6) is 0 Å². The zero-order valence-corrected chi connectivity index (χ0v) is 19.8. The molecule has 0 radical (unpaired) electrons. The lowest BCUT2D eigenvalue weighted by Crippen LogP contribution is -2.41. The molecule has 0 fully saturated rings. The first-order chi connectivity index (χ1) is 16.2. The van der Waals surface area contributed by atoms with E-state index in [1.165, 1.54) is 0 Å². The number of carbonyl (C=O) groups is 2. The molecule has 3 N–H and O–H groups in total. The molecule has 0 aliphatic rings. The number of ether oxygens (including phenoxy) is 1. The topological polar surface area (TPSA) is 128 Å². The average Bonchev–Trinajstić information content (AvgIpc) is 2.85. The molecular formula is C25H27N3O5S. The fourth-order valence-corrected chi connectivity index (χ4v) is 4.64. The van der Waals surface area contributed by atoms with E-state index in [4.69, 9.17) is 5.73 Å². The molecule has 2 atom stereocenters. The first kappa shape index (κ1) is 25.1. The lowest BCUT2D eigenvalue weighted by atomic mass is 9.92. The Balaban J connectivity index is 1.99. The van der Waals surface area contributed by atoms with Crippen molar-refractivity contribution in [2.75, 3.05) is 18.7 Å². The number of aromatic nitrogens is 1. The predicted octanol–water partition coefficient (Wildman–Crippen LogP) is 2.85. The number of methoxy groups -OCH3 is 1. The van der Waals surface area contributed by atoms with Crippen LogP contribution in [0, 0.1) is 0 Å². The largest absolute Gasteiger partial charge is 0.468 e. The van der Waals surface area contributed by atoms with Crippen LogP contribution in [0.4, 0.5) is 5.69 Å². The number of nitrogens with zero attached hydrogens (tertiary/aromatic N) is 1. The van der Waals surface area contributed by atoms with Gasteiger partial charge in [0.2, 0.25) is 0 Å².